The zero-order valence-corrected chi connectivity index (χ0v) is 17.3. The summed E-state index contributed by atoms with van der Waals surface area (Å²) in [5, 5.41) is 14.2. The van der Waals surface area contributed by atoms with Gasteiger partial charge in [-0.15, -0.1) is 0 Å². The number of benzene rings is 1. The molecule has 0 aliphatic carbocycles. The van der Waals surface area contributed by atoms with Crippen LogP contribution in [0.15, 0.2) is 22.4 Å². The molecule has 27 heavy (non-hydrogen) atoms. The molecule has 0 bridgehead atoms. The van der Waals surface area contributed by atoms with Crippen LogP contribution in [0.4, 0.5) is 16.4 Å². The molecule has 0 aliphatic rings. The molecule has 10 heteroatoms. The van der Waals surface area contributed by atoms with E-state index in [0.29, 0.717) is 5.69 Å². The average Bonchev–Trinajstić information content (AvgIpc) is 2.96. The second-order valence-corrected chi connectivity index (χ2v) is 9.74. The van der Waals surface area contributed by atoms with Gasteiger partial charge in [-0.25, -0.2) is 8.42 Å². The van der Waals surface area contributed by atoms with E-state index in [1.165, 1.54) is 11.9 Å². The summed E-state index contributed by atoms with van der Waals surface area (Å²) in [5.41, 5.74) is 3.30. The molecule has 0 saturated carbocycles. The van der Waals surface area contributed by atoms with Crippen molar-refractivity contribution in [3.05, 3.63) is 45.0 Å². The number of nitro groups is 1. The summed E-state index contributed by atoms with van der Waals surface area (Å²) < 4.78 is 23.3. The third-order valence-corrected chi connectivity index (χ3v) is 6.94. The Hall–Kier alpha value is -2.46. The summed E-state index contributed by atoms with van der Waals surface area (Å²) in [6.45, 7) is 5.59. The fourth-order valence-electron chi connectivity index (χ4n) is 2.78. The van der Waals surface area contributed by atoms with Gasteiger partial charge in [0.25, 0.3) is 0 Å². The minimum Gasteiger partial charge on any atom is -0.352 e. The van der Waals surface area contributed by atoms with Crippen molar-refractivity contribution in [1.82, 2.24) is 0 Å². The van der Waals surface area contributed by atoms with E-state index in [-0.39, 0.29) is 27.3 Å². The molecule has 2 aromatic rings. The van der Waals surface area contributed by atoms with Crippen molar-refractivity contribution in [2.45, 2.75) is 25.0 Å². The topological polar surface area (TPSA) is 110 Å². The van der Waals surface area contributed by atoms with Gasteiger partial charge in [0.2, 0.25) is 5.91 Å². The fraction of sp³-hybridized carbons (Fsp3) is 0.353. The minimum atomic E-state index is -3.58. The summed E-state index contributed by atoms with van der Waals surface area (Å²) in [5.74, 6) is -0.351. The molecule has 1 heterocycles. The number of rotatable bonds is 6. The van der Waals surface area contributed by atoms with Crippen LogP contribution < -0.4 is 10.2 Å². The molecule has 2 rings (SSSR count). The summed E-state index contributed by atoms with van der Waals surface area (Å²) in [7, 11) is -2.06. The molecule has 8 nitrogen and oxygen atoms in total. The molecular weight excluding hydrogens is 390 g/mol. The molecule has 146 valence electrons. The lowest BCUT2D eigenvalue weighted by Gasteiger charge is -2.18. The molecule has 0 spiro atoms. The SMILES string of the molecule is Cc1cc(C)c(NC(=O)CN(C)c2sc(S(C)(=O)=O)cc2[N+](=O)[O-])c(C)c1. The number of nitrogens with one attached hydrogen (secondary N) is 1. The monoisotopic (exact) mass is 411 g/mol. The Morgan fingerprint density at radius 2 is 1.78 bits per heavy atom. The average molecular weight is 412 g/mol. The predicted octanol–water partition coefficient (Wildman–Crippen LogP) is 3.06. The number of nitrogens with zero attached hydrogens (tertiary/aromatic N) is 2. The number of carbonyl (C=O) groups is 1. The van der Waals surface area contributed by atoms with Gasteiger partial charge in [-0.2, -0.15) is 0 Å². The Bertz CT molecular complexity index is 989. The van der Waals surface area contributed by atoms with E-state index >= 15 is 0 Å². The van der Waals surface area contributed by atoms with Crippen LogP contribution in [0.25, 0.3) is 0 Å². The lowest BCUT2D eigenvalue weighted by atomic mass is 10.1. The molecule has 0 radical (unpaired) electrons. The molecule has 1 aromatic heterocycles. The lowest BCUT2D eigenvalue weighted by molar-refractivity contribution is -0.383. The number of aryl methyl sites for hydroxylation is 3. The summed E-state index contributed by atoms with van der Waals surface area (Å²) >= 11 is 0.776. The van der Waals surface area contributed by atoms with E-state index in [4.69, 9.17) is 0 Å². The third-order valence-electron chi connectivity index (χ3n) is 3.90. The first-order chi connectivity index (χ1) is 12.4. The van der Waals surface area contributed by atoms with Gasteiger partial charge in [0.15, 0.2) is 14.8 Å². The maximum atomic E-state index is 12.4. The van der Waals surface area contributed by atoms with E-state index in [1.807, 2.05) is 32.9 Å². The second-order valence-electron chi connectivity index (χ2n) is 6.46. The Morgan fingerprint density at radius 3 is 2.26 bits per heavy atom. The maximum Gasteiger partial charge on any atom is 0.305 e. The van der Waals surface area contributed by atoms with Gasteiger partial charge in [0, 0.05) is 25.1 Å². The second kappa shape index (κ2) is 7.65. The van der Waals surface area contributed by atoms with Crippen molar-refractivity contribution in [2.24, 2.45) is 0 Å². The Balaban J connectivity index is 2.25. The van der Waals surface area contributed by atoms with E-state index in [9.17, 15) is 23.3 Å². The highest BCUT2D eigenvalue weighted by molar-refractivity contribution is 7.92. The molecule has 0 fully saturated rings. The number of hydrogen-bond acceptors (Lipinski definition) is 7. The van der Waals surface area contributed by atoms with E-state index in [0.717, 1.165) is 40.3 Å². The molecule has 1 aromatic carbocycles. The van der Waals surface area contributed by atoms with Crippen molar-refractivity contribution < 1.29 is 18.1 Å². The van der Waals surface area contributed by atoms with Gasteiger partial charge in [-0.1, -0.05) is 29.0 Å². The van der Waals surface area contributed by atoms with Gasteiger partial charge in [-0.3, -0.25) is 14.9 Å². The Kier molecular flexibility index (Phi) is 5.91. The fourth-order valence-corrected chi connectivity index (χ4v) is 4.77. The molecule has 0 unspecified atom stereocenters. The molecule has 0 saturated heterocycles. The number of carbonyl (C=O) groups excluding carboxylic acids is 1. The standard InChI is InChI=1S/C17H21N3O5S2/c1-10-6-11(2)16(12(3)7-10)18-14(21)9-19(4)17-13(20(22)23)8-15(26-17)27(5,24)25/h6-8H,9H2,1-5H3,(H,18,21). The third kappa shape index (κ3) is 4.83. The summed E-state index contributed by atoms with van der Waals surface area (Å²) in [6, 6.07) is 4.93. The molecule has 1 N–H and O–H groups in total. The van der Waals surface area contributed by atoms with Crippen molar-refractivity contribution in [1.29, 1.82) is 0 Å². The highest BCUT2D eigenvalue weighted by Crippen LogP contribution is 2.39. The molecule has 0 aliphatic heterocycles. The van der Waals surface area contributed by atoms with Crippen LogP contribution in [0.2, 0.25) is 0 Å². The van der Waals surface area contributed by atoms with Crippen LogP contribution in [0, 0.1) is 30.9 Å². The van der Waals surface area contributed by atoms with Gasteiger partial charge in [-0.05, 0) is 31.9 Å². The quantitative estimate of drug-likeness (QED) is 0.578. The zero-order chi connectivity index (χ0) is 20.5. The predicted molar refractivity (Wildman–Crippen MR) is 107 cm³/mol. The van der Waals surface area contributed by atoms with Crippen molar-refractivity contribution >= 4 is 43.5 Å². The summed E-state index contributed by atoms with van der Waals surface area (Å²) in [4.78, 5) is 24.4. The first-order valence-corrected chi connectivity index (χ1v) is 10.7. The number of anilines is 2. The summed E-state index contributed by atoms with van der Waals surface area (Å²) in [6.07, 6.45) is 0.988. The number of hydrogen-bond donors (Lipinski definition) is 1. The van der Waals surface area contributed by atoms with Gasteiger partial charge in [0.1, 0.15) is 4.21 Å². The van der Waals surface area contributed by atoms with E-state index < -0.39 is 14.8 Å². The number of thiophene rings is 1. The first-order valence-electron chi connectivity index (χ1n) is 7.97. The molecule has 1 amide bonds. The van der Waals surface area contributed by atoms with Gasteiger partial charge >= 0.3 is 5.69 Å². The lowest BCUT2D eigenvalue weighted by Crippen LogP contribution is -2.30. The first kappa shape index (κ1) is 20.8. The van der Waals surface area contributed by atoms with Crippen LogP contribution in [0.5, 0.6) is 0 Å². The van der Waals surface area contributed by atoms with Crippen LogP contribution in [-0.2, 0) is 14.6 Å². The van der Waals surface area contributed by atoms with Gasteiger partial charge < -0.3 is 10.2 Å². The molecule has 0 atom stereocenters. The number of amides is 1. The maximum absolute atomic E-state index is 12.4. The molecular formula is C17H21N3O5S2. The highest BCUT2D eigenvalue weighted by atomic mass is 32.2. The highest BCUT2D eigenvalue weighted by Gasteiger charge is 2.27. The Labute approximate surface area is 161 Å². The van der Waals surface area contributed by atoms with Crippen molar-refractivity contribution in [2.75, 3.05) is 30.1 Å². The smallest absolute Gasteiger partial charge is 0.305 e. The zero-order valence-electron chi connectivity index (χ0n) is 15.7. The van der Waals surface area contributed by atoms with Crippen molar-refractivity contribution in [3.8, 4) is 0 Å². The van der Waals surface area contributed by atoms with Crippen molar-refractivity contribution in [3.63, 3.8) is 0 Å². The van der Waals surface area contributed by atoms with Crippen LogP contribution >= 0.6 is 11.3 Å². The number of sulfone groups is 1. The van der Waals surface area contributed by atoms with E-state index in [1.54, 1.807) is 0 Å². The van der Waals surface area contributed by atoms with Gasteiger partial charge in [0.05, 0.1) is 11.5 Å². The normalized spacial score (nSPS) is 11.3. The van der Waals surface area contributed by atoms with Crippen LogP contribution in [-0.4, -0.2) is 39.1 Å². The van der Waals surface area contributed by atoms with E-state index in [2.05, 4.69) is 5.32 Å². The minimum absolute atomic E-state index is 0.110. The Morgan fingerprint density at radius 1 is 1.22 bits per heavy atom. The van der Waals surface area contributed by atoms with Crippen LogP contribution in [0.1, 0.15) is 16.7 Å². The van der Waals surface area contributed by atoms with Crippen LogP contribution in [0.3, 0.4) is 0 Å². The largest absolute Gasteiger partial charge is 0.352 e. The number of likely N-dealkylation sites (N-methyl/N-ethyl adjacent to an activating group) is 1.